The van der Waals surface area contributed by atoms with Gasteiger partial charge >= 0.3 is 0 Å². The fourth-order valence-corrected chi connectivity index (χ4v) is 6.14. The molecule has 0 atom stereocenters. The van der Waals surface area contributed by atoms with E-state index in [4.69, 9.17) is 4.74 Å². The van der Waals surface area contributed by atoms with Gasteiger partial charge < -0.3 is 10.1 Å². The SMILES string of the molecule is Cc1cc(C)c(NC(=O)COc2ccc(S(=O)(=O)N3CCCc4ccccc43)cc2C)c(C)c1. The quantitative estimate of drug-likeness (QED) is 0.536. The molecule has 0 saturated carbocycles. The Balaban J connectivity index is 1.47. The van der Waals surface area contributed by atoms with Crippen LogP contribution in [0.25, 0.3) is 0 Å². The third-order valence-corrected chi connectivity index (χ3v) is 7.91. The number of hydrogen-bond donors (Lipinski definition) is 1. The number of nitrogens with one attached hydrogen (secondary N) is 1. The summed E-state index contributed by atoms with van der Waals surface area (Å²) < 4.78 is 34.0. The molecule has 34 heavy (non-hydrogen) atoms. The van der Waals surface area contributed by atoms with E-state index >= 15 is 0 Å². The molecule has 1 aliphatic heterocycles. The Hall–Kier alpha value is -3.32. The van der Waals surface area contributed by atoms with Gasteiger partial charge in [0, 0.05) is 12.2 Å². The Morgan fingerprint density at radius 2 is 1.68 bits per heavy atom. The topological polar surface area (TPSA) is 75.7 Å². The second-order valence-electron chi connectivity index (χ2n) is 8.85. The Kier molecular flexibility index (Phi) is 6.66. The molecular weight excluding hydrogens is 448 g/mol. The molecule has 3 aromatic rings. The molecule has 4 rings (SSSR count). The first-order valence-corrected chi connectivity index (χ1v) is 12.8. The standard InChI is InChI=1S/C27H30N2O4S/c1-18-14-20(3)27(21(4)15-18)28-26(30)17-33-25-12-11-23(16-19(25)2)34(31,32)29-13-7-9-22-8-5-6-10-24(22)29/h5-6,8,10-12,14-16H,7,9,13,17H2,1-4H3,(H,28,30). The van der Waals surface area contributed by atoms with Crippen molar-refractivity contribution in [2.24, 2.45) is 0 Å². The Morgan fingerprint density at radius 1 is 0.971 bits per heavy atom. The number of anilines is 2. The predicted octanol–water partition coefficient (Wildman–Crippen LogP) is 5.08. The van der Waals surface area contributed by atoms with Gasteiger partial charge in [-0.15, -0.1) is 0 Å². The van der Waals surface area contributed by atoms with Crippen LogP contribution in [-0.4, -0.2) is 27.5 Å². The van der Waals surface area contributed by atoms with E-state index in [9.17, 15) is 13.2 Å². The van der Waals surface area contributed by atoms with Crippen molar-refractivity contribution in [1.82, 2.24) is 0 Å². The lowest BCUT2D eigenvalue weighted by Gasteiger charge is -2.30. The van der Waals surface area contributed by atoms with Crippen molar-refractivity contribution >= 4 is 27.3 Å². The Morgan fingerprint density at radius 3 is 2.38 bits per heavy atom. The molecule has 0 radical (unpaired) electrons. The number of hydrogen-bond acceptors (Lipinski definition) is 4. The smallest absolute Gasteiger partial charge is 0.264 e. The highest BCUT2D eigenvalue weighted by Crippen LogP contribution is 2.33. The maximum atomic E-state index is 13.4. The number of nitrogens with zero attached hydrogens (tertiary/aromatic N) is 1. The van der Waals surface area contributed by atoms with Gasteiger partial charge in [0.25, 0.3) is 15.9 Å². The molecule has 178 valence electrons. The van der Waals surface area contributed by atoms with Crippen LogP contribution in [0.2, 0.25) is 0 Å². The maximum Gasteiger partial charge on any atom is 0.264 e. The summed E-state index contributed by atoms with van der Waals surface area (Å²) in [6.07, 6.45) is 1.66. The number of carbonyl (C=O) groups is 1. The summed E-state index contributed by atoms with van der Waals surface area (Å²) in [5.74, 6) is 0.210. The van der Waals surface area contributed by atoms with Crippen LogP contribution in [0, 0.1) is 27.7 Å². The van der Waals surface area contributed by atoms with Crippen LogP contribution in [0.5, 0.6) is 5.75 Å². The van der Waals surface area contributed by atoms with Gasteiger partial charge in [-0.2, -0.15) is 0 Å². The normalized spacial score (nSPS) is 13.4. The number of sulfonamides is 1. The van der Waals surface area contributed by atoms with Crippen LogP contribution in [0.15, 0.2) is 59.5 Å². The van der Waals surface area contributed by atoms with Gasteiger partial charge in [0.2, 0.25) is 0 Å². The lowest BCUT2D eigenvalue weighted by Crippen LogP contribution is -2.35. The highest BCUT2D eigenvalue weighted by molar-refractivity contribution is 7.92. The molecule has 0 unspecified atom stereocenters. The first-order chi connectivity index (χ1) is 16.2. The second kappa shape index (κ2) is 9.50. The van der Waals surface area contributed by atoms with Crippen molar-refractivity contribution in [3.8, 4) is 5.75 Å². The van der Waals surface area contributed by atoms with Crippen LogP contribution < -0.4 is 14.4 Å². The van der Waals surface area contributed by atoms with E-state index in [-0.39, 0.29) is 17.4 Å². The lowest BCUT2D eigenvalue weighted by atomic mass is 10.0. The highest BCUT2D eigenvalue weighted by Gasteiger charge is 2.29. The van der Waals surface area contributed by atoms with Gasteiger partial charge in [-0.3, -0.25) is 9.10 Å². The molecule has 0 aliphatic carbocycles. The van der Waals surface area contributed by atoms with Gasteiger partial charge in [0.1, 0.15) is 5.75 Å². The molecule has 0 saturated heterocycles. The number of aryl methyl sites for hydroxylation is 5. The summed E-state index contributed by atoms with van der Waals surface area (Å²) in [7, 11) is -3.70. The summed E-state index contributed by atoms with van der Waals surface area (Å²) in [6, 6.07) is 16.4. The lowest BCUT2D eigenvalue weighted by molar-refractivity contribution is -0.118. The largest absolute Gasteiger partial charge is 0.483 e. The minimum atomic E-state index is -3.70. The number of carbonyl (C=O) groups excluding carboxylic acids is 1. The van der Waals surface area contributed by atoms with E-state index in [0.717, 1.165) is 46.5 Å². The average molecular weight is 479 g/mol. The van der Waals surface area contributed by atoms with Crippen molar-refractivity contribution in [3.05, 3.63) is 82.4 Å². The van der Waals surface area contributed by atoms with Crippen LogP contribution >= 0.6 is 0 Å². The number of ether oxygens (including phenoxy) is 1. The molecule has 0 bridgehead atoms. The van der Waals surface area contributed by atoms with Crippen LogP contribution in [0.1, 0.15) is 34.2 Å². The molecule has 0 aromatic heterocycles. The molecule has 6 nitrogen and oxygen atoms in total. The zero-order valence-electron chi connectivity index (χ0n) is 20.0. The minimum absolute atomic E-state index is 0.167. The van der Waals surface area contributed by atoms with Gasteiger partial charge in [-0.1, -0.05) is 35.9 Å². The molecule has 1 heterocycles. The molecule has 3 aromatic carbocycles. The zero-order chi connectivity index (χ0) is 24.5. The van der Waals surface area contributed by atoms with E-state index in [0.29, 0.717) is 17.9 Å². The maximum absolute atomic E-state index is 13.4. The molecule has 7 heteroatoms. The van der Waals surface area contributed by atoms with Gasteiger partial charge in [-0.05, 0) is 87.1 Å². The number of rotatable bonds is 6. The molecule has 1 amide bonds. The van der Waals surface area contributed by atoms with Crippen LogP contribution in [-0.2, 0) is 21.2 Å². The average Bonchev–Trinajstić information content (AvgIpc) is 2.80. The summed E-state index contributed by atoms with van der Waals surface area (Å²) in [5.41, 5.74) is 6.36. The van der Waals surface area contributed by atoms with Crippen molar-refractivity contribution in [2.75, 3.05) is 22.8 Å². The molecule has 1 N–H and O–H groups in total. The van der Waals surface area contributed by atoms with E-state index in [1.54, 1.807) is 25.1 Å². The number of fused-ring (bicyclic) bond motifs is 1. The minimum Gasteiger partial charge on any atom is -0.483 e. The van der Waals surface area contributed by atoms with Crippen molar-refractivity contribution < 1.29 is 17.9 Å². The highest BCUT2D eigenvalue weighted by atomic mass is 32.2. The number of para-hydroxylation sites is 1. The van der Waals surface area contributed by atoms with Crippen LogP contribution in [0.3, 0.4) is 0 Å². The fraction of sp³-hybridized carbons (Fsp3) is 0.296. The predicted molar refractivity (Wildman–Crippen MR) is 135 cm³/mol. The van der Waals surface area contributed by atoms with Crippen molar-refractivity contribution in [3.63, 3.8) is 0 Å². The second-order valence-corrected chi connectivity index (χ2v) is 10.7. The summed E-state index contributed by atoms with van der Waals surface area (Å²) >= 11 is 0. The number of amides is 1. The van der Waals surface area contributed by atoms with Crippen LogP contribution in [0.4, 0.5) is 11.4 Å². The molecule has 0 spiro atoms. The van der Waals surface area contributed by atoms with Crippen molar-refractivity contribution in [1.29, 1.82) is 0 Å². The summed E-state index contributed by atoms with van der Waals surface area (Å²) in [6.45, 7) is 8.00. The monoisotopic (exact) mass is 478 g/mol. The van der Waals surface area contributed by atoms with Gasteiger partial charge in [0.05, 0.1) is 10.6 Å². The van der Waals surface area contributed by atoms with E-state index in [1.807, 2.05) is 57.2 Å². The third kappa shape index (κ3) is 4.80. The molecule has 1 aliphatic rings. The van der Waals surface area contributed by atoms with E-state index < -0.39 is 10.0 Å². The Labute approximate surface area is 201 Å². The molecular formula is C27H30N2O4S. The zero-order valence-corrected chi connectivity index (χ0v) is 20.8. The summed E-state index contributed by atoms with van der Waals surface area (Å²) in [4.78, 5) is 12.7. The fourth-order valence-electron chi connectivity index (χ4n) is 4.52. The first kappa shape index (κ1) is 23.8. The Bertz CT molecular complexity index is 1330. The van der Waals surface area contributed by atoms with E-state index in [1.165, 1.54) is 4.31 Å². The first-order valence-electron chi connectivity index (χ1n) is 11.4. The van der Waals surface area contributed by atoms with E-state index in [2.05, 4.69) is 5.32 Å². The summed E-state index contributed by atoms with van der Waals surface area (Å²) in [5, 5.41) is 2.92. The third-order valence-electron chi connectivity index (χ3n) is 6.10. The van der Waals surface area contributed by atoms with Crippen molar-refractivity contribution in [2.45, 2.75) is 45.4 Å². The molecule has 0 fully saturated rings. The van der Waals surface area contributed by atoms with Gasteiger partial charge in [0.15, 0.2) is 6.61 Å². The van der Waals surface area contributed by atoms with Gasteiger partial charge in [-0.25, -0.2) is 8.42 Å². The number of benzene rings is 3.